The van der Waals surface area contributed by atoms with Crippen molar-refractivity contribution >= 4 is 123 Å². The van der Waals surface area contributed by atoms with E-state index in [9.17, 15) is 69.3 Å². The van der Waals surface area contributed by atoms with Gasteiger partial charge in [0.1, 0.15) is 26.1 Å². The van der Waals surface area contributed by atoms with E-state index in [0.29, 0.717) is 6.07 Å². The molecule has 7 N–H and O–H groups in total. The van der Waals surface area contributed by atoms with E-state index in [1.54, 1.807) is 18.2 Å². The number of azo groups is 2. The van der Waals surface area contributed by atoms with Crippen molar-refractivity contribution in [3.63, 3.8) is 0 Å². The molecule has 0 saturated carbocycles. The highest BCUT2D eigenvalue weighted by Crippen LogP contribution is 2.45. The Morgan fingerprint density at radius 1 is 0.614 bits per heavy atom. The van der Waals surface area contributed by atoms with Crippen LogP contribution in [0.2, 0.25) is 5.28 Å². The van der Waals surface area contributed by atoms with E-state index in [2.05, 4.69) is 44.6 Å². The first-order chi connectivity index (χ1) is 32.4. The smallest absolute Gasteiger partial charge is 0.397 e. The second-order valence-corrected chi connectivity index (χ2v) is 23.1. The van der Waals surface area contributed by atoms with Crippen LogP contribution < -0.4 is 10.5 Å². The lowest BCUT2D eigenvalue weighted by atomic mass is 10.1. The monoisotopic (exact) mass is 1110 g/mol. The van der Waals surface area contributed by atoms with Gasteiger partial charge in [-0.3, -0.25) is 27.7 Å². The van der Waals surface area contributed by atoms with Gasteiger partial charge in [-0.15, -0.1) is 10.2 Å². The molecule has 70 heavy (non-hydrogen) atoms. The Hall–Kier alpha value is -6.28. The van der Waals surface area contributed by atoms with E-state index in [-0.39, 0.29) is 23.0 Å². The summed E-state index contributed by atoms with van der Waals surface area (Å²) in [5, 5.41) is 24.2. The molecule has 5 aromatic carbocycles. The molecular formula is C35H30ClN9O19S6. The van der Waals surface area contributed by atoms with Gasteiger partial charge < -0.3 is 10.0 Å². The van der Waals surface area contributed by atoms with Crippen LogP contribution in [0.25, 0.3) is 10.8 Å². The Labute approximate surface area is 400 Å². The van der Waals surface area contributed by atoms with Crippen LogP contribution in [0.4, 0.5) is 40.1 Å². The van der Waals surface area contributed by atoms with E-state index >= 15 is 0 Å². The van der Waals surface area contributed by atoms with Crippen molar-refractivity contribution in [3.8, 4) is 5.75 Å². The average molecular weight is 1110 g/mol. The maximum atomic E-state index is 13.0. The Bertz CT molecular complexity index is 3880. The fraction of sp³-hybridized carbons (Fsp3) is 0.114. The predicted molar refractivity (Wildman–Crippen MR) is 242 cm³/mol. The maximum absolute atomic E-state index is 13.0. The number of hydrogen-bond donors (Lipinski definition) is 7. The number of rotatable bonds is 18. The van der Waals surface area contributed by atoms with Gasteiger partial charge in [-0.2, -0.15) is 62.3 Å². The van der Waals surface area contributed by atoms with E-state index in [0.717, 1.165) is 54.6 Å². The number of sulfone groups is 1. The molecule has 0 amide bonds. The molecular weight excluding hydrogens is 1080 g/mol. The molecule has 0 atom stereocenters. The van der Waals surface area contributed by atoms with Gasteiger partial charge in [0, 0.05) is 23.0 Å². The Morgan fingerprint density at radius 3 is 1.83 bits per heavy atom. The molecule has 0 unspecified atom stereocenters. The summed E-state index contributed by atoms with van der Waals surface area (Å²) in [6.07, 6.45) is 0. The van der Waals surface area contributed by atoms with Crippen molar-refractivity contribution in [2.45, 2.75) is 19.6 Å². The minimum Gasteiger partial charge on any atom is -0.505 e. The van der Waals surface area contributed by atoms with Crippen LogP contribution in [-0.4, -0.2) is 118 Å². The Kier molecular flexibility index (Phi) is 15.3. The number of aromatic amines is 1. The van der Waals surface area contributed by atoms with Gasteiger partial charge in [-0.25, -0.2) is 17.6 Å². The fourth-order valence-electron chi connectivity index (χ4n) is 6.01. The van der Waals surface area contributed by atoms with Crippen LogP contribution >= 0.6 is 11.6 Å². The van der Waals surface area contributed by atoms with E-state index < -0.39 is 149 Å². The van der Waals surface area contributed by atoms with Crippen molar-refractivity contribution in [2.75, 3.05) is 29.6 Å². The van der Waals surface area contributed by atoms with Crippen molar-refractivity contribution < 1.29 is 82.6 Å². The average Bonchev–Trinajstić information content (AvgIpc) is 3.23. The van der Waals surface area contributed by atoms with E-state index in [1.165, 1.54) is 17.0 Å². The first-order valence-electron chi connectivity index (χ1n) is 18.5. The number of aromatic hydroxyl groups is 1. The standard InChI is InChI=1S/C35H30ClN9O19S6/c36-33-38-34(40-35(39-33)45(22-4-2-1-3-5-22)14-16-65(47,48)17-15-64-70(61,62)63)37-27-13-11-24-25(32(27)69(58,59)60)19-29(68(55,56)57)30(31(24)46)44-43-26-12-8-21(18-28(26)67(52,53)54)42-41-20-6-9-23(10-7-20)66(49,50)51/h1-13,18-19,46H,14-17H2,(H,49,50,51)(H,52,53,54)(H,55,56,57)(H,58,59,60)(H,61,62,63)(H,37,38,39,40). The number of nitrogens with one attached hydrogen (secondary N) is 1. The molecule has 6 aromatic rings. The molecule has 1 aromatic heterocycles. The SMILES string of the molecule is O=S(=O)(CCOS(=O)(=O)O)CCN(c1ccccc1)c1nc(Cl)nc(=Nc2ccc3c(O)c(N=Nc4ccc(N=Nc5ccc(S(=O)(=O)O)cc5)cc4S(=O)(=O)O)c(S(=O)(=O)O)cc3c2S(=O)(=O)O)[nH]1. The number of phenols is 1. The van der Waals surface area contributed by atoms with E-state index in [4.69, 9.17) is 20.7 Å². The zero-order chi connectivity index (χ0) is 51.6. The molecule has 0 aliphatic carbocycles. The number of phenolic OH excluding ortho intramolecular Hbond substituents is 1. The number of halogens is 1. The van der Waals surface area contributed by atoms with Gasteiger partial charge in [0.2, 0.25) is 16.9 Å². The summed E-state index contributed by atoms with van der Waals surface area (Å²) in [5.41, 5.74) is -3.07. The molecule has 372 valence electrons. The molecule has 0 bridgehead atoms. The van der Waals surface area contributed by atoms with Gasteiger partial charge in [-0.1, -0.05) is 18.2 Å². The topological polar surface area (TPSA) is 442 Å². The lowest BCUT2D eigenvalue weighted by Gasteiger charge is -2.23. The van der Waals surface area contributed by atoms with Gasteiger partial charge in [0.25, 0.3) is 40.5 Å². The molecule has 0 aliphatic heterocycles. The summed E-state index contributed by atoms with van der Waals surface area (Å²) in [6.45, 7) is -1.33. The summed E-state index contributed by atoms with van der Waals surface area (Å²) in [7, 11) is -29.8. The highest BCUT2D eigenvalue weighted by molar-refractivity contribution is 7.91. The normalized spacial score (nSPS) is 13.4. The van der Waals surface area contributed by atoms with Crippen LogP contribution in [0.15, 0.2) is 136 Å². The van der Waals surface area contributed by atoms with Gasteiger partial charge in [0.15, 0.2) is 15.6 Å². The molecule has 0 fully saturated rings. The number of fused-ring (bicyclic) bond motifs is 1. The minimum atomic E-state index is -5.55. The van der Waals surface area contributed by atoms with Gasteiger partial charge in [-0.05, 0) is 84.4 Å². The first kappa shape index (κ1) is 53.1. The van der Waals surface area contributed by atoms with E-state index in [1.807, 2.05) is 0 Å². The highest BCUT2D eigenvalue weighted by Gasteiger charge is 2.29. The first-order valence-corrected chi connectivity index (χ1v) is 27.9. The number of nitrogens with zero attached hydrogens (tertiary/aromatic N) is 8. The molecule has 6 rings (SSSR count). The van der Waals surface area contributed by atoms with Crippen LogP contribution in [0, 0.1) is 0 Å². The fourth-order valence-corrected chi connectivity index (χ4v) is 10.2. The van der Waals surface area contributed by atoms with Gasteiger partial charge >= 0.3 is 10.4 Å². The summed E-state index contributed by atoms with van der Waals surface area (Å²) < 4.78 is 199. The molecule has 28 nitrogen and oxygen atoms in total. The summed E-state index contributed by atoms with van der Waals surface area (Å²) >= 11 is 6.22. The number of para-hydroxylation sites is 1. The highest BCUT2D eigenvalue weighted by atomic mass is 35.5. The van der Waals surface area contributed by atoms with Crippen LogP contribution in [-0.2, 0) is 64.9 Å². The second-order valence-electron chi connectivity index (χ2n) is 13.8. The number of benzene rings is 5. The minimum absolute atomic E-state index is 0.0286. The molecule has 0 aliphatic rings. The third-order valence-corrected chi connectivity index (χ3v) is 14.8. The van der Waals surface area contributed by atoms with Crippen molar-refractivity contribution in [1.82, 2.24) is 15.0 Å². The largest absolute Gasteiger partial charge is 0.505 e. The zero-order valence-corrected chi connectivity index (χ0v) is 40.0. The molecule has 0 radical (unpaired) electrons. The van der Waals surface area contributed by atoms with Crippen LogP contribution in [0.1, 0.15) is 0 Å². The number of anilines is 2. The van der Waals surface area contributed by atoms with Crippen LogP contribution in [0.3, 0.4) is 0 Å². The zero-order valence-electron chi connectivity index (χ0n) is 34.4. The Morgan fingerprint density at radius 2 is 1.23 bits per heavy atom. The molecule has 0 saturated heterocycles. The number of hydrogen-bond acceptors (Lipinski definition) is 22. The molecule has 1 heterocycles. The van der Waals surface area contributed by atoms with Crippen molar-refractivity contribution in [2.24, 2.45) is 25.4 Å². The third kappa shape index (κ3) is 13.5. The quantitative estimate of drug-likeness (QED) is 0.0451. The maximum Gasteiger partial charge on any atom is 0.397 e. The second kappa shape index (κ2) is 20.2. The Balaban J connectivity index is 1.43. The summed E-state index contributed by atoms with van der Waals surface area (Å²) in [5.74, 6) is -3.01. The molecule has 35 heteroatoms. The lowest BCUT2D eigenvalue weighted by Crippen LogP contribution is -2.30. The number of aromatic nitrogens is 3. The predicted octanol–water partition coefficient (Wildman–Crippen LogP) is 4.74. The van der Waals surface area contributed by atoms with Crippen molar-refractivity contribution in [3.05, 3.63) is 102 Å². The number of H-pyrrole nitrogens is 1. The molecule has 0 spiro atoms. The van der Waals surface area contributed by atoms with Crippen molar-refractivity contribution in [1.29, 1.82) is 0 Å². The lowest BCUT2D eigenvalue weighted by molar-refractivity contribution is 0.284. The van der Waals surface area contributed by atoms with Gasteiger partial charge in [0.05, 0.1) is 40.1 Å². The van der Waals surface area contributed by atoms with Crippen LogP contribution in [0.5, 0.6) is 5.75 Å². The summed E-state index contributed by atoms with van der Waals surface area (Å²) in [4.78, 5) is 11.9. The third-order valence-electron chi connectivity index (χ3n) is 9.02. The summed E-state index contributed by atoms with van der Waals surface area (Å²) in [6, 6.07) is 17.0.